The van der Waals surface area contributed by atoms with E-state index in [1.807, 2.05) is 18.5 Å². The van der Waals surface area contributed by atoms with Crippen LogP contribution in [0.4, 0.5) is 0 Å². The number of aromatic nitrogens is 3. The Morgan fingerprint density at radius 2 is 1.17 bits per heavy atom. The van der Waals surface area contributed by atoms with E-state index in [-0.39, 0.29) is 16.2 Å². The van der Waals surface area contributed by atoms with Gasteiger partial charge in [-0.15, -0.1) is 0 Å². The molecule has 1 saturated carbocycles. The quantitative estimate of drug-likeness (QED) is 0.176. The fraction of sp³-hybridized carbons (Fsp3) is 0.327. The molecule has 10 rings (SSSR count). The molecule has 0 radical (unpaired) electrons. The maximum absolute atomic E-state index is 5.07. The summed E-state index contributed by atoms with van der Waals surface area (Å²) < 4.78 is 0. The van der Waals surface area contributed by atoms with Gasteiger partial charge in [0, 0.05) is 46.3 Å². The molecule has 6 aromatic rings. The van der Waals surface area contributed by atoms with Crippen LogP contribution in [0.15, 0.2) is 116 Å². The first-order valence-electron chi connectivity index (χ1n) is 19.3. The minimum absolute atomic E-state index is 0.00862. The van der Waals surface area contributed by atoms with Crippen molar-refractivity contribution in [3.63, 3.8) is 0 Å². The van der Waals surface area contributed by atoms with E-state index < -0.39 is 0 Å². The van der Waals surface area contributed by atoms with Crippen molar-refractivity contribution in [2.75, 3.05) is 0 Å². The van der Waals surface area contributed by atoms with Crippen LogP contribution < -0.4 is 0 Å². The normalized spacial score (nSPS) is 22.2. The zero-order chi connectivity index (χ0) is 35.8. The molecular formula is C49H49N3. The van der Waals surface area contributed by atoms with Crippen LogP contribution in [-0.2, 0) is 17.3 Å². The van der Waals surface area contributed by atoms with E-state index in [1.54, 1.807) is 11.1 Å². The topological polar surface area (TPSA) is 38.7 Å². The number of hydrogen-bond acceptors (Lipinski definition) is 3. The highest BCUT2D eigenvalue weighted by atomic mass is 14.7. The van der Waals surface area contributed by atoms with Crippen molar-refractivity contribution >= 4 is 0 Å². The third-order valence-corrected chi connectivity index (χ3v) is 14.2. The number of fused-ring (bicyclic) bond motifs is 3. The second-order valence-corrected chi connectivity index (χ2v) is 17.1. The Morgan fingerprint density at radius 1 is 0.558 bits per heavy atom. The molecule has 260 valence electrons. The Labute approximate surface area is 309 Å². The zero-order valence-electron chi connectivity index (χ0n) is 31.5. The summed E-state index contributed by atoms with van der Waals surface area (Å²) in [5.41, 5.74) is 17.4. The SMILES string of the molecule is Cc1cccnc1-c1ccc(-c2ccc(-c3ccc4c(c3)C(C)(C)C(C)(C)C4(C)Cc3ccc(-c4ccc5c(c4)C4CCC5CC4)nc3)nc2)cc1. The van der Waals surface area contributed by atoms with Crippen LogP contribution in [0.5, 0.6) is 0 Å². The summed E-state index contributed by atoms with van der Waals surface area (Å²) >= 11 is 0. The van der Waals surface area contributed by atoms with Gasteiger partial charge >= 0.3 is 0 Å². The summed E-state index contributed by atoms with van der Waals surface area (Å²) in [6.07, 6.45) is 12.4. The molecule has 2 bridgehead atoms. The van der Waals surface area contributed by atoms with E-state index in [0.29, 0.717) is 0 Å². The van der Waals surface area contributed by atoms with Gasteiger partial charge in [0.25, 0.3) is 0 Å². The molecule has 1 fully saturated rings. The minimum Gasteiger partial charge on any atom is -0.256 e. The van der Waals surface area contributed by atoms with Crippen LogP contribution in [0.2, 0.25) is 0 Å². The molecule has 1 unspecified atom stereocenters. The molecule has 52 heavy (non-hydrogen) atoms. The van der Waals surface area contributed by atoms with Crippen LogP contribution in [0, 0.1) is 12.3 Å². The van der Waals surface area contributed by atoms with Crippen molar-refractivity contribution in [3.05, 3.63) is 149 Å². The molecule has 0 N–H and O–H groups in total. The largest absolute Gasteiger partial charge is 0.256 e. The first-order valence-corrected chi connectivity index (χ1v) is 19.3. The highest BCUT2D eigenvalue weighted by molar-refractivity contribution is 5.72. The molecular weight excluding hydrogens is 631 g/mol. The number of benzene rings is 3. The van der Waals surface area contributed by atoms with E-state index in [1.165, 1.54) is 59.1 Å². The first-order chi connectivity index (χ1) is 25.0. The molecule has 0 spiro atoms. The lowest BCUT2D eigenvalue weighted by Gasteiger charge is -2.46. The highest BCUT2D eigenvalue weighted by Gasteiger charge is 2.58. The van der Waals surface area contributed by atoms with Gasteiger partial charge in [-0.25, -0.2) is 0 Å². The summed E-state index contributed by atoms with van der Waals surface area (Å²) in [5, 5.41) is 0. The van der Waals surface area contributed by atoms with Crippen molar-refractivity contribution in [3.8, 4) is 44.9 Å². The van der Waals surface area contributed by atoms with E-state index in [2.05, 4.69) is 144 Å². The fourth-order valence-electron chi connectivity index (χ4n) is 10.0. The monoisotopic (exact) mass is 679 g/mol. The Kier molecular flexibility index (Phi) is 7.67. The van der Waals surface area contributed by atoms with Crippen molar-refractivity contribution in [1.82, 2.24) is 15.0 Å². The van der Waals surface area contributed by atoms with Gasteiger partial charge in [0.1, 0.15) is 0 Å². The summed E-state index contributed by atoms with van der Waals surface area (Å²) in [5.74, 6) is 1.52. The molecule has 3 nitrogen and oxygen atoms in total. The second-order valence-electron chi connectivity index (χ2n) is 17.1. The van der Waals surface area contributed by atoms with Crippen LogP contribution in [0.3, 0.4) is 0 Å². The standard InChI is InChI=1S/C49H49N3/c1-31-8-7-25-50-46(31)36-16-10-33(11-17-36)39-20-24-45(52-30-39)38-19-22-42-43(27-38)47(2,3)48(4,5)49(42,6)28-32-9-23-44(51-29-32)37-18-21-40-34-12-14-35(15-13-34)41(40)26-37/h7-11,16-27,29-30,34-35H,12-15,28H2,1-6H3. The van der Waals surface area contributed by atoms with Crippen LogP contribution in [0.1, 0.15) is 106 Å². The Bertz CT molecular complexity index is 2290. The van der Waals surface area contributed by atoms with Crippen LogP contribution in [-0.4, -0.2) is 15.0 Å². The smallest absolute Gasteiger partial charge is 0.0731 e. The third-order valence-electron chi connectivity index (χ3n) is 14.2. The summed E-state index contributed by atoms with van der Waals surface area (Å²) in [7, 11) is 0. The fourth-order valence-corrected chi connectivity index (χ4v) is 10.0. The Hall–Kier alpha value is -4.89. The van der Waals surface area contributed by atoms with E-state index >= 15 is 0 Å². The highest BCUT2D eigenvalue weighted by Crippen LogP contribution is 2.63. The maximum atomic E-state index is 5.07. The maximum Gasteiger partial charge on any atom is 0.0731 e. The lowest BCUT2D eigenvalue weighted by atomic mass is 9.57. The molecule has 0 amide bonds. The Balaban J connectivity index is 0.967. The van der Waals surface area contributed by atoms with E-state index in [0.717, 1.165) is 52.0 Å². The van der Waals surface area contributed by atoms with Crippen molar-refractivity contribution < 1.29 is 0 Å². The van der Waals surface area contributed by atoms with E-state index in [4.69, 9.17) is 9.97 Å². The average Bonchev–Trinajstić information content (AvgIpc) is 3.29. The van der Waals surface area contributed by atoms with Gasteiger partial charge in [-0.2, -0.15) is 0 Å². The lowest BCUT2D eigenvalue weighted by Crippen LogP contribution is -2.45. The molecule has 4 aliphatic carbocycles. The lowest BCUT2D eigenvalue weighted by molar-refractivity contribution is 0.111. The molecule has 3 heterocycles. The van der Waals surface area contributed by atoms with Gasteiger partial charge in [0.15, 0.2) is 0 Å². The minimum atomic E-state index is -0.0596. The molecule has 4 aliphatic rings. The molecule has 3 heteroatoms. The second kappa shape index (κ2) is 12.1. The third kappa shape index (κ3) is 5.11. The molecule has 3 aromatic heterocycles. The zero-order valence-corrected chi connectivity index (χ0v) is 31.5. The number of aryl methyl sites for hydroxylation is 1. The van der Waals surface area contributed by atoms with Crippen molar-refractivity contribution in [2.45, 2.75) is 96.3 Å². The van der Waals surface area contributed by atoms with Crippen LogP contribution in [0.25, 0.3) is 44.9 Å². The van der Waals surface area contributed by atoms with Crippen LogP contribution >= 0.6 is 0 Å². The first kappa shape index (κ1) is 33.0. The van der Waals surface area contributed by atoms with Crippen molar-refractivity contribution in [2.24, 2.45) is 5.41 Å². The van der Waals surface area contributed by atoms with Gasteiger partial charge in [-0.1, -0.05) is 101 Å². The van der Waals surface area contributed by atoms with Gasteiger partial charge in [0.05, 0.1) is 17.1 Å². The van der Waals surface area contributed by atoms with Gasteiger partial charge in [-0.05, 0) is 131 Å². The molecule has 1 atom stereocenters. The Morgan fingerprint density at radius 3 is 1.85 bits per heavy atom. The number of nitrogens with zero attached hydrogens (tertiary/aromatic N) is 3. The molecule has 0 saturated heterocycles. The summed E-state index contributed by atoms with van der Waals surface area (Å²) in [6.45, 7) is 14.4. The summed E-state index contributed by atoms with van der Waals surface area (Å²) in [4.78, 5) is 14.6. The average molecular weight is 680 g/mol. The molecule has 3 aromatic carbocycles. The number of hydrogen-bond donors (Lipinski definition) is 0. The summed E-state index contributed by atoms with van der Waals surface area (Å²) in [6, 6.07) is 35.9. The van der Waals surface area contributed by atoms with Crippen molar-refractivity contribution in [1.29, 1.82) is 0 Å². The van der Waals surface area contributed by atoms with Gasteiger partial charge in [-0.3, -0.25) is 15.0 Å². The number of rotatable bonds is 6. The van der Waals surface area contributed by atoms with Gasteiger partial charge in [0.2, 0.25) is 0 Å². The predicted octanol–water partition coefficient (Wildman–Crippen LogP) is 12.4. The molecule has 0 aliphatic heterocycles. The van der Waals surface area contributed by atoms with E-state index in [9.17, 15) is 0 Å². The predicted molar refractivity (Wildman–Crippen MR) is 215 cm³/mol. The van der Waals surface area contributed by atoms with Gasteiger partial charge < -0.3 is 0 Å². The number of pyridine rings is 3.